The molecule has 0 aromatic carbocycles. The highest BCUT2D eigenvalue weighted by Crippen LogP contribution is 2.16. The molecule has 0 unspecified atom stereocenters. The number of aromatic nitrogens is 4. The molecule has 3 rings (SSSR count). The fourth-order valence-electron chi connectivity index (χ4n) is 1.63. The van der Waals surface area contributed by atoms with Crippen molar-refractivity contribution in [2.45, 2.75) is 6.42 Å². The highest BCUT2D eigenvalue weighted by molar-refractivity contribution is 7.09. The third kappa shape index (κ3) is 1.43. The molecule has 2 N–H and O–H groups in total. The molecule has 0 aliphatic rings. The van der Waals surface area contributed by atoms with Crippen molar-refractivity contribution in [1.82, 2.24) is 20.4 Å². The Kier molecular flexibility index (Phi) is 2.07. The minimum Gasteiger partial charge on any atom is -0.296 e. The van der Waals surface area contributed by atoms with Gasteiger partial charge < -0.3 is 0 Å². The summed E-state index contributed by atoms with van der Waals surface area (Å²) in [4.78, 5) is 12.6. The molecule has 0 saturated heterocycles. The van der Waals surface area contributed by atoms with E-state index in [0.717, 1.165) is 11.2 Å². The first kappa shape index (κ1) is 9.29. The zero-order valence-corrected chi connectivity index (χ0v) is 9.04. The van der Waals surface area contributed by atoms with Crippen LogP contribution in [0.4, 0.5) is 0 Å². The molecule has 0 radical (unpaired) electrons. The van der Waals surface area contributed by atoms with Gasteiger partial charge >= 0.3 is 0 Å². The molecule has 0 atom stereocenters. The molecular weight excluding hydrogens is 224 g/mol. The van der Waals surface area contributed by atoms with Crippen LogP contribution in [-0.2, 0) is 6.42 Å². The highest BCUT2D eigenvalue weighted by atomic mass is 32.1. The lowest BCUT2D eigenvalue weighted by Gasteiger charge is -1.97. The summed E-state index contributed by atoms with van der Waals surface area (Å²) in [6, 6.07) is 4.03. The first-order valence-corrected chi connectivity index (χ1v) is 5.66. The second kappa shape index (κ2) is 3.57. The molecule has 0 aliphatic heterocycles. The van der Waals surface area contributed by atoms with Crippen molar-refractivity contribution in [2.24, 2.45) is 0 Å². The standard InChI is InChI=1S/C10H8N4OS/c15-10-7-5-11-12-8(9(7)13-14-10)4-6-2-1-3-16-6/h1-3,5H,4H2,(H2,13,14,15). The van der Waals surface area contributed by atoms with Crippen LogP contribution in [0.15, 0.2) is 28.5 Å². The maximum absolute atomic E-state index is 11.4. The summed E-state index contributed by atoms with van der Waals surface area (Å²) in [5, 5.41) is 15.8. The smallest absolute Gasteiger partial charge is 0.273 e. The minimum atomic E-state index is -0.155. The van der Waals surface area contributed by atoms with Gasteiger partial charge in [-0.05, 0) is 11.4 Å². The van der Waals surface area contributed by atoms with Gasteiger partial charge in [-0.3, -0.25) is 15.0 Å². The molecule has 0 spiro atoms. The van der Waals surface area contributed by atoms with E-state index in [9.17, 15) is 4.79 Å². The van der Waals surface area contributed by atoms with Crippen LogP contribution < -0.4 is 5.56 Å². The monoisotopic (exact) mass is 232 g/mol. The third-order valence-corrected chi connectivity index (χ3v) is 3.27. The van der Waals surface area contributed by atoms with E-state index in [-0.39, 0.29) is 5.56 Å². The lowest BCUT2D eigenvalue weighted by molar-refractivity contribution is 0.956. The van der Waals surface area contributed by atoms with Crippen LogP contribution in [0.25, 0.3) is 10.9 Å². The summed E-state index contributed by atoms with van der Waals surface area (Å²) in [6.45, 7) is 0. The summed E-state index contributed by atoms with van der Waals surface area (Å²) < 4.78 is 0. The quantitative estimate of drug-likeness (QED) is 0.699. The van der Waals surface area contributed by atoms with Gasteiger partial charge in [-0.25, -0.2) is 0 Å². The Balaban J connectivity index is 2.13. The van der Waals surface area contributed by atoms with Gasteiger partial charge in [-0.15, -0.1) is 11.3 Å². The highest BCUT2D eigenvalue weighted by Gasteiger charge is 2.09. The molecule has 3 heterocycles. The van der Waals surface area contributed by atoms with Crippen LogP contribution in [0.3, 0.4) is 0 Å². The van der Waals surface area contributed by atoms with Crippen molar-refractivity contribution in [3.63, 3.8) is 0 Å². The van der Waals surface area contributed by atoms with E-state index >= 15 is 0 Å². The first-order valence-electron chi connectivity index (χ1n) is 4.78. The molecule has 3 aromatic rings. The van der Waals surface area contributed by atoms with Crippen LogP contribution in [0, 0.1) is 0 Å². The first-order chi connectivity index (χ1) is 7.84. The number of rotatable bonds is 2. The molecule has 5 nitrogen and oxygen atoms in total. The Hall–Kier alpha value is -1.95. The van der Waals surface area contributed by atoms with E-state index in [4.69, 9.17) is 0 Å². The molecule has 6 heteroatoms. The van der Waals surface area contributed by atoms with Crippen molar-refractivity contribution in [3.8, 4) is 0 Å². The van der Waals surface area contributed by atoms with Crippen molar-refractivity contribution < 1.29 is 0 Å². The lowest BCUT2D eigenvalue weighted by Crippen LogP contribution is -1.99. The minimum absolute atomic E-state index is 0.155. The zero-order valence-electron chi connectivity index (χ0n) is 8.23. The zero-order chi connectivity index (χ0) is 11.0. The predicted octanol–water partition coefficient (Wildman–Crippen LogP) is 1.30. The maximum Gasteiger partial charge on any atom is 0.273 e. The molecule has 3 aromatic heterocycles. The number of fused-ring (bicyclic) bond motifs is 1. The summed E-state index contributed by atoms with van der Waals surface area (Å²) in [5.41, 5.74) is 1.38. The lowest BCUT2D eigenvalue weighted by atomic mass is 10.2. The van der Waals surface area contributed by atoms with E-state index in [1.165, 1.54) is 11.1 Å². The summed E-state index contributed by atoms with van der Waals surface area (Å²) >= 11 is 1.66. The normalized spacial score (nSPS) is 11.0. The topological polar surface area (TPSA) is 74.4 Å². The molecule has 0 aliphatic carbocycles. The second-order valence-electron chi connectivity index (χ2n) is 3.42. The van der Waals surface area contributed by atoms with Crippen LogP contribution in [0.5, 0.6) is 0 Å². The van der Waals surface area contributed by atoms with E-state index in [1.807, 2.05) is 17.5 Å². The molecule has 0 saturated carbocycles. The number of hydrogen-bond donors (Lipinski definition) is 2. The Morgan fingerprint density at radius 2 is 2.31 bits per heavy atom. The fraction of sp³-hybridized carbons (Fsp3) is 0.100. The van der Waals surface area contributed by atoms with E-state index in [2.05, 4.69) is 20.4 Å². The predicted molar refractivity (Wildman–Crippen MR) is 61.6 cm³/mol. The van der Waals surface area contributed by atoms with E-state index in [0.29, 0.717) is 11.8 Å². The molecule has 0 fully saturated rings. The Morgan fingerprint density at radius 1 is 1.38 bits per heavy atom. The van der Waals surface area contributed by atoms with Crippen LogP contribution in [-0.4, -0.2) is 20.4 Å². The van der Waals surface area contributed by atoms with Gasteiger partial charge in [0, 0.05) is 11.3 Å². The molecule has 0 amide bonds. The Bertz CT molecular complexity index is 668. The molecule has 0 bridgehead atoms. The Morgan fingerprint density at radius 3 is 3.12 bits per heavy atom. The molecule has 16 heavy (non-hydrogen) atoms. The number of nitrogens with one attached hydrogen (secondary N) is 2. The molecular formula is C10H8N4OS. The third-order valence-electron chi connectivity index (χ3n) is 2.39. The van der Waals surface area contributed by atoms with Gasteiger partial charge in [-0.1, -0.05) is 6.07 Å². The van der Waals surface area contributed by atoms with Crippen LogP contribution in [0.1, 0.15) is 10.6 Å². The van der Waals surface area contributed by atoms with Gasteiger partial charge in [0.15, 0.2) is 0 Å². The largest absolute Gasteiger partial charge is 0.296 e. The summed E-state index contributed by atoms with van der Waals surface area (Å²) in [6.07, 6.45) is 2.17. The fourth-order valence-corrected chi connectivity index (χ4v) is 2.34. The number of aromatic amines is 2. The van der Waals surface area contributed by atoms with E-state index in [1.54, 1.807) is 11.3 Å². The van der Waals surface area contributed by atoms with Crippen molar-refractivity contribution in [3.05, 3.63) is 44.6 Å². The average molecular weight is 232 g/mol. The number of hydrogen-bond acceptors (Lipinski definition) is 4. The second-order valence-corrected chi connectivity index (χ2v) is 4.45. The van der Waals surface area contributed by atoms with Crippen molar-refractivity contribution in [1.29, 1.82) is 0 Å². The van der Waals surface area contributed by atoms with Crippen molar-refractivity contribution >= 4 is 22.2 Å². The summed E-state index contributed by atoms with van der Waals surface area (Å²) in [7, 11) is 0. The van der Waals surface area contributed by atoms with Crippen LogP contribution >= 0.6 is 11.3 Å². The molecule has 80 valence electrons. The van der Waals surface area contributed by atoms with Gasteiger partial charge in [0.05, 0.1) is 22.8 Å². The van der Waals surface area contributed by atoms with Gasteiger partial charge in [0.1, 0.15) is 0 Å². The summed E-state index contributed by atoms with van der Waals surface area (Å²) in [5.74, 6) is 0. The van der Waals surface area contributed by atoms with Gasteiger partial charge in [0.2, 0.25) is 0 Å². The number of thiophene rings is 1. The average Bonchev–Trinajstić information content (AvgIpc) is 2.90. The SMILES string of the molecule is O=c1[nH][nH]c2c(Cc3cccs3)nncc12. The van der Waals surface area contributed by atoms with E-state index < -0.39 is 0 Å². The number of H-pyrrole nitrogens is 2. The number of nitrogens with zero attached hydrogens (tertiary/aromatic N) is 2. The van der Waals surface area contributed by atoms with Gasteiger partial charge in [0.25, 0.3) is 5.56 Å². The van der Waals surface area contributed by atoms with Gasteiger partial charge in [-0.2, -0.15) is 10.2 Å². The maximum atomic E-state index is 11.4. The Labute approximate surface area is 94.1 Å². The van der Waals surface area contributed by atoms with Crippen LogP contribution in [0.2, 0.25) is 0 Å². The van der Waals surface area contributed by atoms with Crippen molar-refractivity contribution in [2.75, 3.05) is 0 Å².